The number of methoxy groups -OCH3 is 1. The highest BCUT2D eigenvalue weighted by Gasteiger charge is 1.87. The zero-order valence-electron chi connectivity index (χ0n) is 5.96. The number of carbonyl (C=O) groups excluding carboxylic acids is 1. The predicted molar refractivity (Wildman–Crippen MR) is 34.4 cm³/mol. The van der Waals surface area contributed by atoms with Gasteiger partial charge in [0.2, 0.25) is 0 Å². The number of carboxylic acid groups (broad SMARTS) is 1. The molecule has 0 saturated heterocycles. The van der Waals surface area contributed by atoms with Gasteiger partial charge in [-0.05, 0) is 0 Å². The zero-order valence-corrected chi connectivity index (χ0v) is 5.96. The Morgan fingerprint density at radius 1 is 1.60 bits per heavy atom. The topological polar surface area (TPSA) is 89.6 Å². The molecule has 0 atom stereocenters. The van der Waals surface area contributed by atoms with Gasteiger partial charge in [-0.2, -0.15) is 0 Å². The van der Waals surface area contributed by atoms with Crippen molar-refractivity contribution in [3.8, 4) is 0 Å². The first kappa shape index (κ1) is 11.7. The smallest absolute Gasteiger partial charge is 0.319 e. The van der Waals surface area contributed by atoms with Crippen molar-refractivity contribution >= 4 is 11.9 Å². The second-order valence-electron chi connectivity index (χ2n) is 1.30. The molecule has 0 bridgehead atoms. The largest absolute Gasteiger partial charge is 0.481 e. The molecule has 0 heterocycles. The Labute approximate surface area is 58.8 Å². The van der Waals surface area contributed by atoms with E-state index in [4.69, 9.17) is 15.6 Å². The molecular weight excluding hydrogens is 138 g/mol. The van der Waals surface area contributed by atoms with E-state index in [1.165, 1.54) is 7.11 Å². The zero-order chi connectivity index (χ0) is 8.57. The number of nitrogens with two attached hydrogens (primary N) is 1. The van der Waals surface area contributed by atoms with Crippen LogP contribution in [-0.2, 0) is 14.3 Å². The van der Waals surface area contributed by atoms with E-state index >= 15 is 0 Å². The second-order valence-corrected chi connectivity index (χ2v) is 1.30. The third kappa shape index (κ3) is 28.6. The second kappa shape index (κ2) is 7.90. The maximum absolute atomic E-state index is 9.83. The summed E-state index contributed by atoms with van der Waals surface area (Å²) in [5.74, 6) is -1.21. The number of hydrogen-bond acceptors (Lipinski definition) is 4. The van der Waals surface area contributed by atoms with Crippen molar-refractivity contribution in [1.29, 1.82) is 0 Å². The van der Waals surface area contributed by atoms with Crippen molar-refractivity contribution in [2.45, 2.75) is 6.92 Å². The van der Waals surface area contributed by atoms with E-state index in [0.717, 1.165) is 6.92 Å². The molecule has 0 aliphatic rings. The Kier molecular flexibility index (Phi) is 9.22. The molecule has 0 spiro atoms. The minimum atomic E-state index is -0.833. The lowest BCUT2D eigenvalue weighted by molar-refractivity contribution is -0.139. The first-order valence-electron chi connectivity index (χ1n) is 2.51. The maximum Gasteiger partial charge on any atom is 0.319 e. The lowest BCUT2D eigenvalue weighted by Crippen LogP contribution is -2.14. The number of hydrogen-bond donors (Lipinski definition) is 2. The van der Waals surface area contributed by atoms with Crippen LogP contribution in [0.15, 0.2) is 0 Å². The number of carbonyl (C=O) groups is 2. The van der Waals surface area contributed by atoms with Crippen LogP contribution >= 0.6 is 0 Å². The Bertz CT molecular complexity index is 102. The molecule has 0 rings (SSSR count). The highest BCUT2D eigenvalue weighted by molar-refractivity contribution is 5.70. The third-order valence-electron chi connectivity index (χ3n) is 0.394. The standard InChI is InChI=1S/C3H7NO2.C2H4O2/c1-6-3(5)2-4;1-2(3)4/h2,4H2,1H3;1H3,(H,3,4). The fourth-order valence-corrected chi connectivity index (χ4v) is 0.0833. The van der Waals surface area contributed by atoms with Gasteiger partial charge < -0.3 is 15.6 Å². The Hall–Kier alpha value is -1.10. The SMILES string of the molecule is CC(=O)O.COC(=O)CN. The summed E-state index contributed by atoms with van der Waals surface area (Å²) in [5, 5.41) is 7.42. The van der Waals surface area contributed by atoms with Gasteiger partial charge in [0.25, 0.3) is 5.97 Å². The van der Waals surface area contributed by atoms with Crippen molar-refractivity contribution in [3.63, 3.8) is 0 Å². The van der Waals surface area contributed by atoms with Gasteiger partial charge in [0.05, 0.1) is 13.7 Å². The predicted octanol–water partition coefficient (Wildman–Crippen LogP) is -0.791. The maximum atomic E-state index is 9.83. The number of ether oxygens (including phenoxy) is 1. The van der Waals surface area contributed by atoms with Gasteiger partial charge in [0, 0.05) is 6.92 Å². The molecule has 0 aromatic rings. The molecule has 0 aliphatic carbocycles. The van der Waals surface area contributed by atoms with Gasteiger partial charge in [-0.3, -0.25) is 9.59 Å². The molecule has 5 heteroatoms. The van der Waals surface area contributed by atoms with Crippen molar-refractivity contribution in [1.82, 2.24) is 0 Å². The lowest BCUT2D eigenvalue weighted by Gasteiger charge is -1.87. The fraction of sp³-hybridized carbons (Fsp3) is 0.600. The molecule has 0 radical (unpaired) electrons. The van der Waals surface area contributed by atoms with Crippen LogP contribution in [0.25, 0.3) is 0 Å². The Morgan fingerprint density at radius 2 is 1.90 bits per heavy atom. The molecule has 0 aromatic carbocycles. The molecule has 0 fully saturated rings. The minimum absolute atomic E-state index is 0.0312. The molecule has 0 unspecified atom stereocenters. The van der Waals surface area contributed by atoms with Gasteiger partial charge in [0.15, 0.2) is 0 Å². The van der Waals surface area contributed by atoms with E-state index in [9.17, 15) is 4.79 Å². The van der Waals surface area contributed by atoms with Gasteiger partial charge in [-0.1, -0.05) is 0 Å². The summed E-state index contributed by atoms with van der Waals surface area (Å²) in [4.78, 5) is 18.8. The summed E-state index contributed by atoms with van der Waals surface area (Å²) in [6.07, 6.45) is 0. The summed E-state index contributed by atoms with van der Waals surface area (Å²) in [5.41, 5.74) is 4.81. The molecule has 60 valence electrons. The average Bonchev–Trinajstić information content (AvgIpc) is 1.85. The Morgan fingerprint density at radius 3 is 1.90 bits per heavy atom. The number of carboxylic acids is 1. The van der Waals surface area contributed by atoms with Gasteiger partial charge in [0.1, 0.15) is 0 Å². The average molecular weight is 149 g/mol. The van der Waals surface area contributed by atoms with Gasteiger partial charge in [-0.15, -0.1) is 0 Å². The summed E-state index contributed by atoms with van der Waals surface area (Å²) >= 11 is 0. The lowest BCUT2D eigenvalue weighted by atomic mass is 10.7. The fourth-order valence-electron chi connectivity index (χ4n) is 0.0833. The van der Waals surface area contributed by atoms with Crippen LogP contribution in [0.4, 0.5) is 0 Å². The van der Waals surface area contributed by atoms with E-state index in [0.29, 0.717) is 0 Å². The van der Waals surface area contributed by atoms with Crippen LogP contribution in [0, 0.1) is 0 Å². The monoisotopic (exact) mass is 149 g/mol. The van der Waals surface area contributed by atoms with Crippen LogP contribution < -0.4 is 5.73 Å². The first-order chi connectivity index (χ1) is 4.54. The van der Waals surface area contributed by atoms with Crippen molar-refractivity contribution in [2.24, 2.45) is 5.73 Å². The number of esters is 1. The summed E-state index contributed by atoms with van der Waals surface area (Å²) in [7, 11) is 1.30. The summed E-state index contributed by atoms with van der Waals surface area (Å²) in [6.45, 7) is 1.05. The van der Waals surface area contributed by atoms with Crippen molar-refractivity contribution in [3.05, 3.63) is 0 Å². The highest BCUT2D eigenvalue weighted by Crippen LogP contribution is 1.61. The van der Waals surface area contributed by atoms with Crippen LogP contribution in [0.5, 0.6) is 0 Å². The van der Waals surface area contributed by atoms with Crippen LogP contribution in [0.1, 0.15) is 6.92 Å². The van der Waals surface area contributed by atoms with E-state index in [1.54, 1.807) is 0 Å². The minimum Gasteiger partial charge on any atom is -0.481 e. The van der Waals surface area contributed by atoms with Crippen molar-refractivity contribution in [2.75, 3.05) is 13.7 Å². The summed E-state index contributed by atoms with van der Waals surface area (Å²) < 4.78 is 4.14. The molecular formula is C5H11NO4. The van der Waals surface area contributed by atoms with Gasteiger partial charge >= 0.3 is 5.97 Å². The van der Waals surface area contributed by atoms with E-state index < -0.39 is 5.97 Å². The number of rotatable bonds is 1. The highest BCUT2D eigenvalue weighted by atomic mass is 16.5. The van der Waals surface area contributed by atoms with Crippen LogP contribution in [0.2, 0.25) is 0 Å². The number of aliphatic carboxylic acids is 1. The van der Waals surface area contributed by atoms with Gasteiger partial charge in [-0.25, -0.2) is 0 Å². The molecule has 0 aromatic heterocycles. The van der Waals surface area contributed by atoms with E-state index in [2.05, 4.69) is 4.74 Å². The quantitative estimate of drug-likeness (QED) is 0.477. The molecule has 0 amide bonds. The molecule has 3 N–H and O–H groups in total. The normalized spacial score (nSPS) is 7.10. The molecule has 10 heavy (non-hydrogen) atoms. The van der Waals surface area contributed by atoms with Crippen LogP contribution in [-0.4, -0.2) is 30.7 Å². The van der Waals surface area contributed by atoms with E-state index in [-0.39, 0.29) is 12.5 Å². The third-order valence-corrected chi connectivity index (χ3v) is 0.394. The Balaban J connectivity index is 0. The van der Waals surface area contributed by atoms with Crippen molar-refractivity contribution < 1.29 is 19.4 Å². The van der Waals surface area contributed by atoms with E-state index in [1.807, 2.05) is 0 Å². The molecule has 0 aliphatic heterocycles. The molecule has 5 nitrogen and oxygen atoms in total. The summed E-state index contributed by atoms with van der Waals surface area (Å²) in [6, 6.07) is 0. The first-order valence-corrected chi connectivity index (χ1v) is 2.51. The molecule has 0 saturated carbocycles. The van der Waals surface area contributed by atoms with Crippen LogP contribution in [0.3, 0.4) is 0 Å².